The van der Waals surface area contributed by atoms with Crippen molar-refractivity contribution in [2.75, 3.05) is 38.6 Å². The molecule has 1 N–H and O–H groups in total. The minimum Gasteiger partial charge on any atom is -0.330 e. The van der Waals surface area contributed by atoms with Crippen LogP contribution < -0.4 is 10.2 Å². The Hall–Kier alpha value is -2.40. The lowest BCUT2D eigenvalue weighted by Gasteiger charge is -2.26. The highest BCUT2D eigenvalue weighted by molar-refractivity contribution is 5.90. The molecular formula is C20H28N4O. The van der Waals surface area contributed by atoms with Gasteiger partial charge in [0.05, 0.1) is 0 Å². The van der Waals surface area contributed by atoms with Gasteiger partial charge < -0.3 is 10.2 Å². The molecule has 0 saturated heterocycles. The Kier molecular flexibility index (Phi) is 6.95. The molecule has 0 aliphatic rings. The number of nitrogens with one attached hydrogen (secondary N) is 1. The first-order valence-electron chi connectivity index (χ1n) is 8.66. The first kappa shape index (κ1) is 18.9. The molecule has 0 fully saturated rings. The lowest BCUT2D eigenvalue weighted by Crippen LogP contribution is -2.43. The highest BCUT2D eigenvalue weighted by Gasteiger charge is 2.18. The minimum atomic E-state index is -0.0534. The molecule has 134 valence electrons. The summed E-state index contributed by atoms with van der Waals surface area (Å²) in [5.74, 6) is 0.709. The number of pyridine rings is 1. The van der Waals surface area contributed by atoms with Crippen molar-refractivity contribution in [2.45, 2.75) is 20.3 Å². The molecule has 25 heavy (non-hydrogen) atoms. The van der Waals surface area contributed by atoms with Crippen LogP contribution in [0.3, 0.4) is 0 Å². The molecule has 0 unspecified atom stereocenters. The van der Waals surface area contributed by atoms with Gasteiger partial charge in [-0.05, 0) is 50.1 Å². The second-order valence-electron chi connectivity index (χ2n) is 6.46. The zero-order chi connectivity index (χ0) is 18.2. The second kappa shape index (κ2) is 9.18. The van der Waals surface area contributed by atoms with E-state index in [2.05, 4.69) is 34.6 Å². The number of aryl methyl sites for hydroxylation is 2. The Morgan fingerprint density at radius 3 is 2.44 bits per heavy atom. The molecule has 0 spiro atoms. The molecule has 2 aromatic rings. The fraction of sp³-hybridized carbons (Fsp3) is 0.400. The Balaban J connectivity index is 1.93. The van der Waals surface area contributed by atoms with Crippen LogP contribution in [0.2, 0.25) is 0 Å². The first-order chi connectivity index (χ1) is 12.0. The zero-order valence-corrected chi connectivity index (χ0v) is 15.6. The van der Waals surface area contributed by atoms with E-state index in [0.717, 1.165) is 30.8 Å². The predicted molar refractivity (Wildman–Crippen MR) is 103 cm³/mol. The molecule has 5 nitrogen and oxygen atoms in total. The van der Waals surface area contributed by atoms with Crippen molar-refractivity contribution in [3.05, 3.63) is 59.3 Å². The predicted octanol–water partition coefficient (Wildman–Crippen LogP) is 3.02. The summed E-state index contributed by atoms with van der Waals surface area (Å²) in [6.45, 7) is 6.17. The molecule has 0 aliphatic carbocycles. The van der Waals surface area contributed by atoms with Crippen LogP contribution in [-0.2, 0) is 6.42 Å². The van der Waals surface area contributed by atoms with Gasteiger partial charge in [0.1, 0.15) is 5.82 Å². The summed E-state index contributed by atoms with van der Waals surface area (Å²) in [5, 5.41) is 3.42. The third-order valence-corrected chi connectivity index (χ3v) is 3.92. The summed E-state index contributed by atoms with van der Waals surface area (Å²) < 4.78 is 0. The average Bonchev–Trinajstić information content (AvgIpc) is 2.57. The van der Waals surface area contributed by atoms with Crippen molar-refractivity contribution < 1.29 is 4.79 Å². The lowest BCUT2D eigenvalue weighted by atomic mass is 10.1. The van der Waals surface area contributed by atoms with E-state index in [4.69, 9.17) is 0 Å². The van der Waals surface area contributed by atoms with Crippen molar-refractivity contribution in [1.29, 1.82) is 0 Å². The van der Waals surface area contributed by atoms with Crippen LogP contribution in [0.15, 0.2) is 42.5 Å². The van der Waals surface area contributed by atoms with Gasteiger partial charge >= 0.3 is 6.03 Å². The number of benzene rings is 1. The Morgan fingerprint density at radius 2 is 1.80 bits per heavy atom. The third-order valence-electron chi connectivity index (χ3n) is 3.92. The molecule has 0 saturated carbocycles. The van der Waals surface area contributed by atoms with Crippen LogP contribution in [0.25, 0.3) is 0 Å². The number of urea groups is 1. The fourth-order valence-corrected chi connectivity index (χ4v) is 2.70. The van der Waals surface area contributed by atoms with Crippen molar-refractivity contribution in [1.82, 2.24) is 15.2 Å². The summed E-state index contributed by atoms with van der Waals surface area (Å²) in [7, 11) is 3.53. The summed E-state index contributed by atoms with van der Waals surface area (Å²) in [6.07, 6.45) is 0.976. The quantitative estimate of drug-likeness (QED) is 0.788. The Labute approximate surface area is 150 Å². The number of hydrogen-bond acceptors (Lipinski definition) is 3. The van der Waals surface area contributed by atoms with Gasteiger partial charge in [0.25, 0.3) is 0 Å². The second-order valence-corrected chi connectivity index (χ2v) is 6.46. The Bertz CT molecular complexity index is 665. The van der Waals surface area contributed by atoms with Gasteiger partial charge in [-0.25, -0.2) is 9.78 Å². The van der Waals surface area contributed by atoms with Crippen LogP contribution in [0.1, 0.15) is 16.8 Å². The summed E-state index contributed by atoms with van der Waals surface area (Å²) >= 11 is 0. The number of aromatic nitrogens is 1. The minimum absolute atomic E-state index is 0.0534. The zero-order valence-electron chi connectivity index (χ0n) is 15.6. The first-order valence-corrected chi connectivity index (χ1v) is 8.66. The van der Waals surface area contributed by atoms with E-state index in [0.29, 0.717) is 12.4 Å². The maximum atomic E-state index is 12.5. The van der Waals surface area contributed by atoms with E-state index in [9.17, 15) is 4.79 Å². The molecule has 1 heterocycles. The molecule has 2 amide bonds. The van der Waals surface area contributed by atoms with Gasteiger partial charge in [-0.3, -0.25) is 4.90 Å². The number of carbonyl (C=O) groups excluding carboxylic acids is 1. The maximum Gasteiger partial charge on any atom is 0.325 e. The van der Waals surface area contributed by atoms with Gasteiger partial charge in [0.15, 0.2) is 0 Å². The number of hydrogen-bond donors (Lipinski definition) is 1. The summed E-state index contributed by atoms with van der Waals surface area (Å²) in [5.41, 5.74) is 3.34. The highest BCUT2D eigenvalue weighted by atomic mass is 16.2. The summed E-state index contributed by atoms with van der Waals surface area (Å²) in [4.78, 5) is 20.4. The van der Waals surface area contributed by atoms with Gasteiger partial charge in [0.2, 0.25) is 0 Å². The summed E-state index contributed by atoms with van der Waals surface area (Å²) in [6, 6.07) is 14.3. The van der Waals surface area contributed by atoms with E-state index in [1.165, 1.54) is 5.56 Å². The monoisotopic (exact) mass is 340 g/mol. The van der Waals surface area contributed by atoms with Gasteiger partial charge in [-0.1, -0.05) is 30.3 Å². The van der Waals surface area contributed by atoms with Gasteiger partial charge in [-0.2, -0.15) is 0 Å². The number of nitrogens with zero attached hydrogens (tertiary/aromatic N) is 3. The Morgan fingerprint density at radius 1 is 1.08 bits per heavy atom. The molecule has 1 aromatic carbocycles. The fourth-order valence-electron chi connectivity index (χ4n) is 2.70. The van der Waals surface area contributed by atoms with Gasteiger partial charge in [0, 0.05) is 32.9 Å². The average molecular weight is 340 g/mol. The van der Waals surface area contributed by atoms with E-state index >= 15 is 0 Å². The molecule has 5 heteroatoms. The van der Waals surface area contributed by atoms with Crippen LogP contribution in [-0.4, -0.2) is 49.6 Å². The molecular weight excluding hydrogens is 312 g/mol. The van der Waals surface area contributed by atoms with E-state index in [1.54, 1.807) is 23.9 Å². The van der Waals surface area contributed by atoms with Crippen LogP contribution in [0.4, 0.5) is 10.6 Å². The maximum absolute atomic E-state index is 12.5. The van der Waals surface area contributed by atoms with Crippen LogP contribution in [0, 0.1) is 13.8 Å². The van der Waals surface area contributed by atoms with Crippen LogP contribution >= 0.6 is 0 Å². The van der Waals surface area contributed by atoms with Crippen LogP contribution in [0.5, 0.6) is 0 Å². The SMILES string of the molecule is Cc1cc(C)nc(N(CCNCCc2ccccc2)C(=O)N(C)C)c1. The highest BCUT2D eigenvalue weighted by Crippen LogP contribution is 2.15. The third kappa shape index (κ3) is 5.87. The van der Waals surface area contributed by atoms with Crippen molar-refractivity contribution >= 4 is 11.8 Å². The smallest absolute Gasteiger partial charge is 0.325 e. The number of carbonyl (C=O) groups is 1. The topological polar surface area (TPSA) is 48.5 Å². The molecule has 0 atom stereocenters. The lowest BCUT2D eigenvalue weighted by molar-refractivity contribution is 0.223. The van der Waals surface area contributed by atoms with Crippen molar-refractivity contribution in [3.63, 3.8) is 0 Å². The number of anilines is 1. The van der Waals surface area contributed by atoms with E-state index in [-0.39, 0.29) is 6.03 Å². The number of rotatable bonds is 7. The number of amides is 2. The van der Waals surface area contributed by atoms with E-state index in [1.807, 2.05) is 32.0 Å². The van der Waals surface area contributed by atoms with Crippen molar-refractivity contribution in [2.24, 2.45) is 0 Å². The molecule has 0 radical (unpaired) electrons. The standard InChI is InChI=1S/C20H28N4O/c1-16-14-17(2)22-19(15-16)24(20(25)23(3)4)13-12-21-11-10-18-8-6-5-7-9-18/h5-9,14-15,21H,10-13H2,1-4H3. The molecule has 2 rings (SSSR count). The van der Waals surface area contributed by atoms with Gasteiger partial charge in [-0.15, -0.1) is 0 Å². The normalized spacial score (nSPS) is 10.6. The van der Waals surface area contributed by atoms with E-state index < -0.39 is 0 Å². The van der Waals surface area contributed by atoms with Crippen molar-refractivity contribution in [3.8, 4) is 0 Å². The molecule has 0 bridgehead atoms. The largest absolute Gasteiger partial charge is 0.330 e. The molecule has 0 aliphatic heterocycles. The molecule has 1 aromatic heterocycles.